The van der Waals surface area contributed by atoms with Crippen molar-refractivity contribution in [3.63, 3.8) is 0 Å². The molecule has 0 aliphatic heterocycles. The van der Waals surface area contributed by atoms with E-state index in [4.69, 9.17) is 9.47 Å². The molecule has 27 heavy (non-hydrogen) atoms. The van der Waals surface area contributed by atoms with Crippen LogP contribution >= 0.6 is 11.3 Å². The number of ether oxygens (including phenoxy) is 2. The second-order valence-electron chi connectivity index (χ2n) is 5.09. The number of amides is 1. The summed E-state index contributed by atoms with van der Waals surface area (Å²) < 4.78 is 36.0. The monoisotopic (exact) mass is 401 g/mol. The molecule has 11 heteroatoms. The standard InChI is InChI=1S/C16H17F2N3O5S/c1-4-25-14(23)10-8(3)11(15(24)26-5-2)27-13(10)20-12(22)9-6-7-19-21(9)16(17)18/h6-7,16H,4-5H2,1-3H3,(H,20,22). The zero-order valence-electron chi connectivity index (χ0n) is 14.7. The Morgan fingerprint density at radius 1 is 1.22 bits per heavy atom. The summed E-state index contributed by atoms with van der Waals surface area (Å²) in [5.41, 5.74) is -0.153. The number of hydrogen-bond acceptors (Lipinski definition) is 7. The van der Waals surface area contributed by atoms with Crippen LogP contribution in [0.4, 0.5) is 13.8 Å². The van der Waals surface area contributed by atoms with Crippen molar-refractivity contribution in [3.05, 3.63) is 34.0 Å². The van der Waals surface area contributed by atoms with Crippen molar-refractivity contribution in [2.75, 3.05) is 18.5 Å². The number of anilines is 1. The number of alkyl halides is 2. The van der Waals surface area contributed by atoms with Crippen LogP contribution in [0.5, 0.6) is 0 Å². The molecule has 0 saturated heterocycles. The van der Waals surface area contributed by atoms with Gasteiger partial charge in [0, 0.05) is 6.20 Å². The van der Waals surface area contributed by atoms with Crippen molar-refractivity contribution in [2.45, 2.75) is 27.3 Å². The van der Waals surface area contributed by atoms with Crippen molar-refractivity contribution in [1.29, 1.82) is 0 Å². The SMILES string of the molecule is CCOC(=O)c1sc(NC(=O)c2ccnn2C(F)F)c(C(=O)OCC)c1C. The van der Waals surface area contributed by atoms with Crippen LogP contribution in [0.1, 0.15) is 56.5 Å². The Balaban J connectivity index is 2.43. The number of thiophene rings is 1. The van der Waals surface area contributed by atoms with Crippen molar-refractivity contribution in [1.82, 2.24) is 9.78 Å². The van der Waals surface area contributed by atoms with Crippen LogP contribution in [0.25, 0.3) is 0 Å². The van der Waals surface area contributed by atoms with Gasteiger partial charge in [0.15, 0.2) is 0 Å². The Morgan fingerprint density at radius 3 is 2.44 bits per heavy atom. The molecule has 2 rings (SSSR count). The maximum absolute atomic E-state index is 12.9. The molecule has 0 saturated carbocycles. The topological polar surface area (TPSA) is 99.5 Å². The van der Waals surface area contributed by atoms with Crippen molar-refractivity contribution >= 4 is 34.2 Å². The number of nitrogens with zero attached hydrogens (tertiary/aromatic N) is 2. The number of halogens is 2. The van der Waals surface area contributed by atoms with E-state index in [1.165, 1.54) is 6.92 Å². The van der Waals surface area contributed by atoms with Gasteiger partial charge < -0.3 is 14.8 Å². The van der Waals surface area contributed by atoms with E-state index in [-0.39, 0.29) is 38.9 Å². The van der Waals surface area contributed by atoms with Gasteiger partial charge in [0.25, 0.3) is 5.91 Å². The van der Waals surface area contributed by atoms with Crippen LogP contribution in [0.2, 0.25) is 0 Å². The van der Waals surface area contributed by atoms with Crippen molar-refractivity contribution in [2.24, 2.45) is 0 Å². The molecule has 0 aliphatic carbocycles. The third-order valence-electron chi connectivity index (χ3n) is 3.40. The number of hydrogen-bond donors (Lipinski definition) is 1. The first kappa shape index (κ1) is 20.5. The number of nitrogens with one attached hydrogen (secondary N) is 1. The molecule has 0 aliphatic rings. The van der Waals surface area contributed by atoms with Gasteiger partial charge in [0.1, 0.15) is 15.6 Å². The van der Waals surface area contributed by atoms with Gasteiger partial charge >= 0.3 is 18.5 Å². The zero-order chi connectivity index (χ0) is 20.1. The van der Waals surface area contributed by atoms with Gasteiger partial charge in [0.05, 0.1) is 18.8 Å². The second-order valence-corrected chi connectivity index (χ2v) is 6.11. The number of carbonyl (C=O) groups excluding carboxylic acids is 3. The van der Waals surface area contributed by atoms with E-state index in [0.29, 0.717) is 0 Å². The molecule has 0 atom stereocenters. The van der Waals surface area contributed by atoms with E-state index < -0.39 is 30.1 Å². The number of aromatic nitrogens is 2. The van der Waals surface area contributed by atoms with Gasteiger partial charge in [-0.2, -0.15) is 18.6 Å². The highest BCUT2D eigenvalue weighted by Gasteiger charge is 2.28. The molecule has 2 heterocycles. The van der Waals surface area contributed by atoms with E-state index in [9.17, 15) is 23.2 Å². The van der Waals surface area contributed by atoms with Gasteiger partial charge in [-0.1, -0.05) is 0 Å². The predicted molar refractivity (Wildman–Crippen MR) is 92.4 cm³/mol. The fourth-order valence-corrected chi connectivity index (χ4v) is 3.34. The summed E-state index contributed by atoms with van der Waals surface area (Å²) in [7, 11) is 0. The molecule has 0 radical (unpaired) electrons. The van der Waals surface area contributed by atoms with Crippen molar-refractivity contribution in [3.8, 4) is 0 Å². The third kappa shape index (κ3) is 4.30. The molecule has 2 aromatic heterocycles. The minimum absolute atomic E-state index is 0.000944. The normalized spacial score (nSPS) is 10.7. The fourth-order valence-electron chi connectivity index (χ4n) is 2.26. The van der Waals surface area contributed by atoms with E-state index in [2.05, 4.69) is 10.4 Å². The van der Waals surface area contributed by atoms with Crippen LogP contribution in [-0.4, -0.2) is 40.8 Å². The van der Waals surface area contributed by atoms with Crippen LogP contribution in [0, 0.1) is 6.92 Å². The Hall–Kier alpha value is -2.82. The third-order valence-corrected chi connectivity index (χ3v) is 4.59. The van der Waals surface area contributed by atoms with Crippen LogP contribution in [-0.2, 0) is 9.47 Å². The average molecular weight is 401 g/mol. The summed E-state index contributed by atoms with van der Waals surface area (Å²) in [6, 6.07) is 1.11. The lowest BCUT2D eigenvalue weighted by atomic mass is 10.1. The summed E-state index contributed by atoms with van der Waals surface area (Å²) in [5, 5.41) is 5.77. The Bertz CT molecular complexity index is 862. The molecule has 1 N–H and O–H groups in total. The van der Waals surface area contributed by atoms with Gasteiger partial charge in [-0.3, -0.25) is 4.79 Å². The fraction of sp³-hybridized carbons (Fsp3) is 0.375. The molecular weight excluding hydrogens is 384 g/mol. The first-order valence-electron chi connectivity index (χ1n) is 7.92. The van der Waals surface area contributed by atoms with E-state index in [1.54, 1.807) is 13.8 Å². The van der Waals surface area contributed by atoms with E-state index in [0.717, 1.165) is 23.6 Å². The molecule has 2 aromatic rings. The second kappa shape index (κ2) is 8.71. The quantitative estimate of drug-likeness (QED) is 0.715. The highest BCUT2D eigenvalue weighted by molar-refractivity contribution is 7.18. The number of carbonyl (C=O) groups is 3. The van der Waals surface area contributed by atoms with Gasteiger partial charge in [-0.15, -0.1) is 11.3 Å². The van der Waals surface area contributed by atoms with Crippen LogP contribution in [0.15, 0.2) is 12.3 Å². The Kier molecular flexibility index (Phi) is 6.61. The van der Waals surface area contributed by atoms with Crippen LogP contribution < -0.4 is 5.32 Å². The summed E-state index contributed by atoms with van der Waals surface area (Å²) in [4.78, 5) is 36.8. The molecule has 0 unspecified atom stereocenters. The molecule has 0 fully saturated rings. The van der Waals surface area contributed by atoms with Gasteiger partial charge in [-0.05, 0) is 32.4 Å². The summed E-state index contributed by atoms with van der Waals surface area (Å²) in [6.07, 6.45) is 1.05. The molecule has 0 aromatic carbocycles. The molecule has 1 amide bonds. The minimum Gasteiger partial charge on any atom is -0.462 e. The average Bonchev–Trinajstić information content (AvgIpc) is 3.20. The van der Waals surface area contributed by atoms with Gasteiger partial charge in [0.2, 0.25) is 0 Å². The molecular formula is C16H17F2N3O5S. The lowest BCUT2D eigenvalue weighted by molar-refractivity contribution is 0.0515. The summed E-state index contributed by atoms with van der Waals surface area (Å²) in [6.45, 7) is 1.93. The lowest BCUT2D eigenvalue weighted by Crippen LogP contribution is -2.19. The zero-order valence-corrected chi connectivity index (χ0v) is 15.6. The first-order chi connectivity index (χ1) is 12.8. The summed E-state index contributed by atoms with van der Waals surface area (Å²) in [5.74, 6) is -2.32. The highest BCUT2D eigenvalue weighted by atomic mass is 32.1. The Labute approximate surface area is 157 Å². The highest BCUT2D eigenvalue weighted by Crippen LogP contribution is 2.34. The van der Waals surface area contributed by atoms with E-state index >= 15 is 0 Å². The molecule has 8 nitrogen and oxygen atoms in total. The maximum atomic E-state index is 12.9. The minimum atomic E-state index is -3.01. The first-order valence-corrected chi connectivity index (χ1v) is 8.74. The Morgan fingerprint density at radius 2 is 1.85 bits per heavy atom. The van der Waals surface area contributed by atoms with Crippen LogP contribution in [0.3, 0.4) is 0 Å². The lowest BCUT2D eigenvalue weighted by Gasteiger charge is -2.08. The smallest absolute Gasteiger partial charge is 0.348 e. The van der Waals surface area contributed by atoms with E-state index in [1.807, 2.05) is 0 Å². The number of esters is 2. The van der Waals surface area contributed by atoms with Crippen molar-refractivity contribution < 1.29 is 32.6 Å². The predicted octanol–water partition coefficient (Wildman–Crippen LogP) is 3.25. The number of rotatable bonds is 7. The maximum Gasteiger partial charge on any atom is 0.348 e. The molecule has 0 spiro atoms. The largest absolute Gasteiger partial charge is 0.462 e. The summed E-state index contributed by atoms with van der Waals surface area (Å²) >= 11 is 0.804. The molecule has 0 bridgehead atoms. The molecule has 146 valence electrons. The van der Waals surface area contributed by atoms with Gasteiger partial charge in [-0.25, -0.2) is 9.59 Å².